The number of nitrogens with zero attached hydrogens (tertiary/aromatic N) is 3. The number of hydrogen-bond acceptors (Lipinski definition) is 5. The van der Waals surface area contributed by atoms with Crippen LogP contribution in [0.25, 0.3) is 0 Å². The van der Waals surface area contributed by atoms with Crippen molar-refractivity contribution in [3.8, 4) is 5.75 Å². The van der Waals surface area contributed by atoms with Gasteiger partial charge in [-0.15, -0.1) is 10.2 Å². The Kier molecular flexibility index (Phi) is 7.09. The topological polar surface area (TPSA) is 69.0 Å². The van der Waals surface area contributed by atoms with Crippen molar-refractivity contribution in [3.05, 3.63) is 35.9 Å². The number of halogens is 1. The van der Waals surface area contributed by atoms with E-state index in [0.29, 0.717) is 18.3 Å². The lowest BCUT2D eigenvalue weighted by molar-refractivity contribution is -0.123. The fourth-order valence-corrected chi connectivity index (χ4v) is 3.92. The second-order valence-corrected chi connectivity index (χ2v) is 7.38. The van der Waals surface area contributed by atoms with Crippen molar-refractivity contribution in [3.63, 3.8) is 0 Å². The molecule has 1 saturated carbocycles. The summed E-state index contributed by atoms with van der Waals surface area (Å²) in [6.07, 6.45) is 8.51. The van der Waals surface area contributed by atoms with Gasteiger partial charge >= 0.3 is 0 Å². The first-order valence-electron chi connectivity index (χ1n) is 9.30. The standard InChI is InChI=1S/C19H25FN4O2S/c1-27-19-23-22-17(24(19)15-5-2-3-6-15)7-4-12-21-18(25)13-26-16-10-8-14(20)9-11-16/h8-11,15H,2-7,12-13H2,1H3,(H,21,25). The lowest BCUT2D eigenvalue weighted by Crippen LogP contribution is -2.30. The highest BCUT2D eigenvalue weighted by Gasteiger charge is 2.23. The van der Waals surface area contributed by atoms with Crippen LogP contribution in [-0.2, 0) is 11.2 Å². The highest BCUT2D eigenvalue weighted by molar-refractivity contribution is 7.98. The Morgan fingerprint density at radius 2 is 2.04 bits per heavy atom. The molecule has 27 heavy (non-hydrogen) atoms. The number of rotatable bonds is 9. The quantitative estimate of drug-likeness (QED) is 0.523. The smallest absolute Gasteiger partial charge is 0.257 e. The Labute approximate surface area is 162 Å². The lowest BCUT2D eigenvalue weighted by Gasteiger charge is -2.16. The van der Waals surface area contributed by atoms with Crippen LogP contribution in [0.15, 0.2) is 29.4 Å². The van der Waals surface area contributed by atoms with Gasteiger partial charge in [0.1, 0.15) is 17.4 Å². The number of hydrogen-bond donors (Lipinski definition) is 1. The number of carbonyl (C=O) groups is 1. The Hall–Kier alpha value is -2.09. The summed E-state index contributed by atoms with van der Waals surface area (Å²) in [4.78, 5) is 11.9. The average molecular weight is 393 g/mol. The Morgan fingerprint density at radius 1 is 1.30 bits per heavy atom. The predicted octanol–water partition coefficient (Wildman–Crippen LogP) is 3.38. The van der Waals surface area contributed by atoms with E-state index >= 15 is 0 Å². The number of ether oxygens (including phenoxy) is 1. The molecule has 0 atom stereocenters. The first kappa shape index (κ1) is 19.7. The molecule has 0 unspecified atom stereocenters. The fourth-order valence-electron chi connectivity index (χ4n) is 3.35. The molecule has 0 aliphatic heterocycles. The molecule has 0 saturated heterocycles. The molecule has 1 heterocycles. The maximum absolute atomic E-state index is 12.8. The Balaban J connectivity index is 1.41. The zero-order valence-corrected chi connectivity index (χ0v) is 16.3. The van der Waals surface area contributed by atoms with E-state index < -0.39 is 0 Å². The zero-order valence-electron chi connectivity index (χ0n) is 15.5. The lowest BCUT2D eigenvalue weighted by atomic mass is 10.2. The number of aromatic nitrogens is 3. The second-order valence-electron chi connectivity index (χ2n) is 6.61. The van der Waals surface area contributed by atoms with E-state index in [2.05, 4.69) is 20.1 Å². The van der Waals surface area contributed by atoms with Crippen LogP contribution in [0.3, 0.4) is 0 Å². The van der Waals surface area contributed by atoms with Crippen molar-refractivity contribution < 1.29 is 13.9 Å². The molecule has 1 N–H and O–H groups in total. The molecule has 146 valence electrons. The summed E-state index contributed by atoms with van der Waals surface area (Å²) >= 11 is 1.63. The van der Waals surface area contributed by atoms with Crippen LogP contribution in [0, 0.1) is 5.82 Å². The van der Waals surface area contributed by atoms with E-state index in [0.717, 1.165) is 23.8 Å². The van der Waals surface area contributed by atoms with Crippen molar-refractivity contribution >= 4 is 17.7 Å². The average Bonchev–Trinajstić information content (AvgIpc) is 3.33. The monoisotopic (exact) mass is 392 g/mol. The van der Waals surface area contributed by atoms with E-state index in [-0.39, 0.29) is 18.3 Å². The third kappa shape index (κ3) is 5.45. The van der Waals surface area contributed by atoms with E-state index in [1.807, 2.05) is 6.26 Å². The molecule has 1 amide bonds. The number of amides is 1. The molecule has 0 radical (unpaired) electrons. The molecule has 1 aliphatic carbocycles. The van der Waals surface area contributed by atoms with Gasteiger partial charge < -0.3 is 14.6 Å². The van der Waals surface area contributed by atoms with E-state index in [1.165, 1.54) is 49.9 Å². The molecule has 3 rings (SSSR count). The van der Waals surface area contributed by atoms with Gasteiger partial charge in [0.15, 0.2) is 11.8 Å². The number of carbonyl (C=O) groups excluding carboxylic acids is 1. The molecule has 8 heteroatoms. The van der Waals surface area contributed by atoms with Gasteiger partial charge in [0.25, 0.3) is 5.91 Å². The number of nitrogens with one attached hydrogen (secondary N) is 1. The molecule has 1 aromatic heterocycles. The number of aryl methyl sites for hydroxylation is 1. The van der Waals surface area contributed by atoms with Gasteiger partial charge in [-0.1, -0.05) is 24.6 Å². The normalized spacial score (nSPS) is 14.4. The molecule has 0 spiro atoms. The van der Waals surface area contributed by atoms with Crippen LogP contribution >= 0.6 is 11.8 Å². The summed E-state index contributed by atoms with van der Waals surface area (Å²) in [5.74, 6) is 0.951. The molecule has 1 aliphatic rings. The number of thioether (sulfide) groups is 1. The minimum Gasteiger partial charge on any atom is -0.484 e. The number of benzene rings is 1. The van der Waals surface area contributed by atoms with Crippen molar-refractivity contribution in [2.24, 2.45) is 0 Å². The summed E-state index contributed by atoms with van der Waals surface area (Å²) in [5.41, 5.74) is 0. The van der Waals surface area contributed by atoms with E-state index in [4.69, 9.17) is 4.74 Å². The summed E-state index contributed by atoms with van der Waals surface area (Å²) in [7, 11) is 0. The maximum Gasteiger partial charge on any atom is 0.257 e. The fraction of sp³-hybridized carbons (Fsp3) is 0.526. The zero-order chi connectivity index (χ0) is 19.1. The minimum atomic E-state index is -0.332. The Bertz CT molecular complexity index is 745. The molecular weight excluding hydrogens is 367 g/mol. The van der Waals surface area contributed by atoms with Gasteiger partial charge in [-0.25, -0.2) is 4.39 Å². The van der Waals surface area contributed by atoms with Crippen molar-refractivity contribution in [1.82, 2.24) is 20.1 Å². The second kappa shape index (κ2) is 9.73. The van der Waals surface area contributed by atoms with Gasteiger partial charge in [0, 0.05) is 19.0 Å². The van der Waals surface area contributed by atoms with Crippen molar-refractivity contribution in [2.45, 2.75) is 49.7 Å². The molecule has 6 nitrogen and oxygen atoms in total. The largest absolute Gasteiger partial charge is 0.484 e. The summed E-state index contributed by atoms with van der Waals surface area (Å²) in [6, 6.07) is 6.12. The van der Waals surface area contributed by atoms with Crippen molar-refractivity contribution in [1.29, 1.82) is 0 Å². The molecule has 0 bridgehead atoms. The van der Waals surface area contributed by atoms with Gasteiger partial charge in [-0.3, -0.25) is 4.79 Å². The molecular formula is C19H25FN4O2S. The molecule has 1 aromatic carbocycles. The SMILES string of the molecule is CSc1nnc(CCCNC(=O)COc2ccc(F)cc2)n1C1CCCC1. The van der Waals surface area contributed by atoms with Crippen LogP contribution in [-0.4, -0.2) is 40.1 Å². The van der Waals surface area contributed by atoms with Gasteiger partial charge in [-0.2, -0.15) is 0 Å². The molecule has 1 fully saturated rings. The van der Waals surface area contributed by atoms with Crippen LogP contribution in [0.5, 0.6) is 5.75 Å². The molecule has 2 aromatic rings. The van der Waals surface area contributed by atoms with Crippen LogP contribution < -0.4 is 10.1 Å². The van der Waals surface area contributed by atoms with E-state index in [1.54, 1.807) is 11.8 Å². The Morgan fingerprint density at radius 3 is 2.74 bits per heavy atom. The van der Waals surface area contributed by atoms with E-state index in [9.17, 15) is 9.18 Å². The summed E-state index contributed by atoms with van der Waals surface area (Å²) < 4.78 is 20.5. The van der Waals surface area contributed by atoms with Gasteiger partial charge in [0.05, 0.1) is 0 Å². The van der Waals surface area contributed by atoms with Crippen LogP contribution in [0.1, 0.15) is 44.0 Å². The third-order valence-electron chi connectivity index (χ3n) is 4.69. The third-order valence-corrected chi connectivity index (χ3v) is 5.33. The predicted molar refractivity (Wildman–Crippen MR) is 103 cm³/mol. The van der Waals surface area contributed by atoms with Crippen molar-refractivity contribution in [2.75, 3.05) is 19.4 Å². The van der Waals surface area contributed by atoms with Gasteiger partial charge in [-0.05, 0) is 49.8 Å². The minimum absolute atomic E-state index is 0.0828. The first-order chi connectivity index (χ1) is 13.2. The van der Waals surface area contributed by atoms with Crippen LogP contribution in [0.4, 0.5) is 4.39 Å². The highest BCUT2D eigenvalue weighted by Crippen LogP contribution is 2.33. The van der Waals surface area contributed by atoms with Crippen LogP contribution in [0.2, 0.25) is 0 Å². The first-order valence-corrected chi connectivity index (χ1v) is 10.5. The summed E-state index contributed by atoms with van der Waals surface area (Å²) in [5, 5.41) is 12.5. The maximum atomic E-state index is 12.8. The summed E-state index contributed by atoms with van der Waals surface area (Å²) in [6.45, 7) is 0.470. The highest BCUT2D eigenvalue weighted by atomic mass is 32.2. The van der Waals surface area contributed by atoms with Gasteiger partial charge in [0.2, 0.25) is 0 Å².